The van der Waals surface area contributed by atoms with Gasteiger partial charge in [-0.1, -0.05) is 33.6 Å². The molecular weight excluding hydrogens is 346 g/mol. The van der Waals surface area contributed by atoms with Gasteiger partial charge >= 0.3 is 0 Å². The van der Waals surface area contributed by atoms with E-state index in [2.05, 4.69) is 31.2 Å². The van der Waals surface area contributed by atoms with Crippen LogP contribution in [0.5, 0.6) is 0 Å². The van der Waals surface area contributed by atoms with Crippen LogP contribution in [0, 0.1) is 0 Å². The summed E-state index contributed by atoms with van der Waals surface area (Å²) in [6.45, 7) is 0. The first kappa shape index (κ1) is 13.0. The van der Waals surface area contributed by atoms with Crippen LogP contribution in [0.15, 0.2) is 34.8 Å². The Bertz CT molecular complexity index is 832. The predicted octanol–water partition coefficient (Wildman–Crippen LogP) is 2.33. The standard InChI is InChI=1S/C12H7BrClN5O/c13-6-2-1-3-7(4-6)19-12-8(5-9(14)16-17-12)10(18-19)11(15)20/h1-5H,(H2,15,20). The van der Waals surface area contributed by atoms with Gasteiger partial charge in [0.1, 0.15) is 0 Å². The molecule has 0 aliphatic heterocycles. The van der Waals surface area contributed by atoms with Crippen molar-refractivity contribution < 1.29 is 4.79 Å². The number of hydrogen-bond acceptors (Lipinski definition) is 4. The molecule has 0 saturated heterocycles. The highest BCUT2D eigenvalue weighted by Crippen LogP contribution is 2.23. The Morgan fingerprint density at radius 1 is 1.30 bits per heavy atom. The van der Waals surface area contributed by atoms with Gasteiger partial charge in [0, 0.05) is 4.47 Å². The lowest BCUT2D eigenvalue weighted by Gasteiger charge is -2.02. The summed E-state index contributed by atoms with van der Waals surface area (Å²) in [5.41, 5.74) is 6.59. The van der Waals surface area contributed by atoms with Crippen LogP contribution in [0.25, 0.3) is 16.7 Å². The highest BCUT2D eigenvalue weighted by Gasteiger charge is 2.18. The number of fused-ring (bicyclic) bond motifs is 1. The predicted molar refractivity (Wildman–Crippen MR) is 77.9 cm³/mol. The van der Waals surface area contributed by atoms with Crippen LogP contribution in [-0.2, 0) is 0 Å². The third-order valence-electron chi connectivity index (χ3n) is 2.69. The number of halogens is 2. The summed E-state index contributed by atoms with van der Waals surface area (Å²) in [6, 6.07) is 8.92. The van der Waals surface area contributed by atoms with Gasteiger partial charge < -0.3 is 5.73 Å². The first-order valence-corrected chi connectivity index (χ1v) is 6.71. The Morgan fingerprint density at radius 2 is 2.10 bits per heavy atom. The van der Waals surface area contributed by atoms with Crippen LogP contribution >= 0.6 is 27.5 Å². The molecule has 100 valence electrons. The molecule has 0 unspecified atom stereocenters. The Morgan fingerprint density at radius 3 is 2.80 bits per heavy atom. The second-order valence-electron chi connectivity index (χ2n) is 4.01. The van der Waals surface area contributed by atoms with E-state index in [4.69, 9.17) is 17.3 Å². The molecule has 0 fully saturated rings. The molecule has 0 atom stereocenters. The first-order chi connectivity index (χ1) is 9.56. The summed E-state index contributed by atoms with van der Waals surface area (Å²) in [5.74, 6) is -0.646. The molecule has 2 N–H and O–H groups in total. The highest BCUT2D eigenvalue weighted by molar-refractivity contribution is 9.10. The normalized spacial score (nSPS) is 10.9. The van der Waals surface area contributed by atoms with Crippen molar-refractivity contribution in [2.75, 3.05) is 0 Å². The number of benzene rings is 1. The molecule has 2 heterocycles. The highest BCUT2D eigenvalue weighted by atomic mass is 79.9. The molecule has 2 aromatic heterocycles. The molecule has 8 heteroatoms. The lowest BCUT2D eigenvalue weighted by molar-refractivity contribution is 0.0996. The maximum absolute atomic E-state index is 11.5. The minimum atomic E-state index is -0.646. The van der Waals surface area contributed by atoms with E-state index >= 15 is 0 Å². The van der Waals surface area contributed by atoms with Gasteiger partial charge in [-0.3, -0.25) is 4.79 Å². The number of carbonyl (C=O) groups excluding carboxylic acids is 1. The van der Waals surface area contributed by atoms with E-state index in [1.807, 2.05) is 24.3 Å². The topological polar surface area (TPSA) is 86.7 Å². The fourth-order valence-corrected chi connectivity index (χ4v) is 2.40. The van der Waals surface area contributed by atoms with Crippen molar-refractivity contribution >= 4 is 44.5 Å². The van der Waals surface area contributed by atoms with Crippen molar-refractivity contribution in [3.8, 4) is 5.69 Å². The zero-order valence-electron chi connectivity index (χ0n) is 9.92. The van der Waals surface area contributed by atoms with Gasteiger partial charge in [0.05, 0.1) is 11.1 Å². The lowest BCUT2D eigenvalue weighted by Crippen LogP contribution is -2.12. The Hall–Kier alpha value is -1.99. The van der Waals surface area contributed by atoms with Crippen LogP contribution in [0.3, 0.4) is 0 Å². The van der Waals surface area contributed by atoms with Crippen LogP contribution in [0.1, 0.15) is 10.5 Å². The minimum Gasteiger partial charge on any atom is -0.364 e. The van der Waals surface area contributed by atoms with E-state index in [0.29, 0.717) is 11.0 Å². The van der Waals surface area contributed by atoms with Crippen LogP contribution < -0.4 is 5.73 Å². The molecule has 0 saturated carbocycles. The number of amides is 1. The van der Waals surface area contributed by atoms with Gasteiger partial charge in [-0.2, -0.15) is 5.10 Å². The molecule has 3 aromatic rings. The van der Waals surface area contributed by atoms with E-state index in [-0.39, 0.29) is 10.8 Å². The number of hydrogen-bond donors (Lipinski definition) is 1. The fourth-order valence-electron chi connectivity index (χ4n) is 1.86. The summed E-state index contributed by atoms with van der Waals surface area (Å²) in [6.07, 6.45) is 0. The zero-order valence-corrected chi connectivity index (χ0v) is 12.3. The molecule has 0 bridgehead atoms. The molecule has 20 heavy (non-hydrogen) atoms. The number of carbonyl (C=O) groups is 1. The Labute approximate surface area is 126 Å². The number of rotatable bonds is 2. The number of nitrogens with zero attached hydrogens (tertiary/aromatic N) is 4. The second-order valence-corrected chi connectivity index (χ2v) is 5.31. The van der Waals surface area contributed by atoms with Gasteiger partial charge in [0.2, 0.25) is 0 Å². The summed E-state index contributed by atoms with van der Waals surface area (Å²) >= 11 is 9.19. The summed E-state index contributed by atoms with van der Waals surface area (Å²) in [7, 11) is 0. The van der Waals surface area contributed by atoms with E-state index in [1.165, 1.54) is 10.7 Å². The van der Waals surface area contributed by atoms with Gasteiger partial charge in [0.25, 0.3) is 5.91 Å². The number of primary amides is 1. The molecule has 1 aromatic carbocycles. The third-order valence-corrected chi connectivity index (χ3v) is 3.36. The summed E-state index contributed by atoms with van der Waals surface area (Å²) in [4.78, 5) is 11.5. The molecule has 0 spiro atoms. The summed E-state index contributed by atoms with van der Waals surface area (Å²) in [5, 5.41) is 12.6. The summed E-state index contributed by atoms with van der Waals surface area (Å²) < 4.78 is 2.38. The van der Waals surface area contributed by atoms with Crippen molar-refractivity contribution in [1.82, 2.24) is 20.0 Å². The molecule has 0 aliphatic rings. The van der Waals surface area contributed by atoms with Crippen molar-refractivity contribution in [2.24, 2.45) is 5.73 Å². The van der Waals surface area contributed by atoms with E-state index in [9.17, 15) is 4.79 Å². The molecule has 0 aliphatic carbocycles. The quantitative estimate of drug-likeness (QED) is 0.767. The van der Waals surface area contributed by atoms with Gasteiger partial charge in [-0.25, -0.2) is 4.68 Å². The van der Waals surface area contributed by atoms with Crippen LogP contribution in [0.4, 0.5) is 0 Å². The Balaban J connectivity index is 2.34. The smallest absolute Gasteiger partial charge is 0.269 e. The van der Waals surface area contributed by atoms with E-state index in [1.54, 1.807) is 0 Å². The Kier molecular flexibility index (Phi) is 3.15. The lowest BCUT2D eigenvalue weighted by atomic mass is 10.3. The van der Waals surface area contributed by atoms with E-state index in [0.717, 1.165) is 10.2 Å². The van der Waals surface area contributed by atoms with Gasteiger partial charge in [-0.05, 0) is 24.3 Å². The first-order valence-electron chi connectivity index (χ1n) is 5.54. The zero-order chi connectivity index (χ0) is 14.3. The maximum atomic E-state index is 11.5. The van der Waals surface area contributed by atoms with Crippen LogP contribution in [-0.4, -0.2) is 25.9 Å². The van der Waals surface area contributed by atoms with Crippen molar-refractivity contribution in [1.29, 1.82) is 0 Å². The molecular formula is C12H7BrClN5O. The van der Waals surface area contributed by atoms with E-state index < -0.39 is 5.91 Å². The van der Waals surface area contributed by atoms with Crippen molar-refractivity contribution in [3.05, 3.63) is 45.7 Å². The average molecular weight is 353 g/mol. The second kappa shape index (κ2) is 4.84. The number of nitrogens with two attached hydrogens (primary N) is 1. The monoisotopic (exact) mass is 351 g/mol. The van der Waals surface area contributed by atoms with Crippen molar-refractivity contribution in [3.63, 3.8) is 0 Å². The average Bonchev–Trinajstić information content (AvgIpc) is 2.77. The molecule has 3 rings (SSSR count). The van der Waals surface area contributed by atoms with Crippen molar-refractivity contribution in [2.45, 2.75) is 0 Å². The van der Waals surface area contributed by atoms with Gasteiger partial charge in [-0.15, -0.1) is 10.2 Å². The number of aromatic nitrogens is 4. The molecule has 6 nitrogen and oxygen atoms in total. The fraction of sp³-hybridized carbons (Fsp3) is 0. The maximum Gasteiger partial charge on any atom is 0.269 e. The van der Waals surface area contributed by atoms with Crippen LogP contribution in [0.2, 0.25) is 5.15 Å². The SMILES string of the molecule is NC(=O)c1nn(-c2cccc(Br)c2)c2nnc(Cl)cc12. The minimum absolute atomic E-state index is 0.108. The molecule has 0 radical (unpaired) electrons. The van der Waals surface area contributed by atoms with Gasteiger partial charge in [0.15, 0.2) is 16.5 Å². The third kappa shape index (κ3) is 2.14. The largest absolute Gasteiger partial charge is 0.364 e. The molecule has 1 amide bonds.